The zero-order valence-electron chi connectivity index (χ0n) is 23.0. The van der Waals surface area contributed by atoms with Gasteiger partial charge in [-0.05, 0) is 35.2 Å². The van der Waals surface area contributed by atoms with Crippen LogP contribution in [0.15, 0.2) is 84.9 Å². The van der Waals surface area contributed by atoms with E-state index in [2.05, 4.69) is 0 Å². The van der Waals surface area contributed by atoms with Gasteiger partial charge in [0.05, 0.1) is 9.95 Å². The molecule has 0 atom stereocenters. The van der Waals surface area contributed by atoms with E-state index in [1.165, 1.54) is 12.1 Å². The van der Waals surface area contributed by atoms with Crippen molar-refractivity contribution in [3.05, 3.63) is 139 Å². The molecule has 0 fully saturated rings. The highest BCUT2D eigenvalue weighted by Crippen LogP contribution is 2.38. The highest BCUT2D eigenvalue weighted by Gasteiger charge is 2.34. The molecule has 0 heterocycles. The Morgan fingerprint density at radius 1 is 0.857 bits per heavy atom. The first kappa shape index (κ1) is 30.0. The maximum absolute atomic E-state index is 14.2. The Balaban J connectivity index is 1.92. The molecule has 4 rings (SSSR count). The number of hydrogen-bond acceptors (Lipinski definition) is 7. The molecule has 0 aromatic heterocycles. The lowest BCUT2D eigenvalue weighted by molar-refractivity contribution is -0.384. The van der Waals surface area contributed by atoms with Crippen molar-refractivity contribution in [3.8, 4) is 5.75 Å². The number of benzene rings is 4. The van der Waals surface area contributed by atoms with E-state index in [4.69, 9.17) is 16.3 Å². The summed E-state index contributed by atoms with van der Waals surface area (Å²) in [6, 6.07) is 21.3. The molecule has 0 spiro atoms. The van der Waals surface area contributed by atoms with Crippen LogP contribution in [0.25, 0.3) is 0 Å². The lowest BCUT2D eigenvalue weighted by atomic mass is 9.76. The topological polar surface area (TPSA) is 121 Å². The van der Waals surface area contributed by atoms with E-state index in [0.717, 1.165) is 12.1 Å². The predicted molar refractivity (Wildman–Crippen MR) is 158 cm³/mol. The molecule has 0 aliphatic heterocycles. The average molecular weight is 583 g/mol. The quantitative estimate of drug-likeness (QED) is 0.115. The molecule has 0 N–H and O–H groups in total. The summed E-state index contributed by atoms with van der Waals surface area (Å²) in [4.78, 5) is 64.1. The van der Waals surface area contributed by atoms with Crippen LogP contribution in [0.2, 0.25) is 5.02 Å². The van der Waals surface area contributed by atoms with Gasteiger partial charge in [-0.25, -0.2) is 0 Å². The molecule has 0 bridgehead atoms. The highest BCUT2D eigenvalue weighted by molar-refractivity contribution is 6.38. The second kappa shape index (κ2) is 12.3. The van der Waals surface area contributed by atoms with E-state index < -0.39 is 40.0 Å². The van der Waals surface area contributed by atoms with Crippen molar-refractivity contribution in [1.82, 2.24) is 0 Å². The fourth-order valence-electron chi connectivity index (χ4n) is 4.60. The zero-order chi connectivity index (χ0) is 30.6. The number of nitro groups is 1. The summed E-state index contributed by atoms with van der Waals surface area (Å²) in [5.41, 5.74) is -1.43. The van der Waals surface area contributed by atoms with Gasteiger partial charge in [0.15, 0.2) is 18.2 Å². The third-order valence-electron chi connectivity index (χ3n) is 6.50. The smallest absolute Gasteiger partial charge is 0.270 e. The van der Waals surface area contributed by atoms with Crippen LogP contribution in [-0.4, -0.2) is 35.2 Å². The predicted octanol–water partition coefficient (Wildman–Crippen LogP) is 6.73. The molecule has 0 unspecified atom stereocenters. The number of rotatable bonds is 10. The summed E-state index contributed by atoms with van der Waals surface area (Å²) in [6.45, 7) is 4.83. The Bertz CT molecular complexity index is 1710. The fourth-order valence-corrected chi connectivity index (χ4v) is 4.87. The van der Waals surface area contributed by atoms with Crippen LogP contribution in [0, 0.1) is 10.1 Å². The van der Waals surface area contributed by atoms with Crippen molar-refractivity contribution in [1.29, 1.82) is 0 Å². The van der Waals surface area contributed by atoms with Gasteiger partial charge >= 0.3 is 0 Å². The summed E-state index contributed by atoms with van der Waals surface area (Å²) in [7, 11) is 0. The van der Waals surface area contributed by atoms with Gasteiger partial charge in [-0.15, -0.1) is 0 Å². The number of non-ortho nitro benzene ring substituents is 1. The zero-order valence-corrected chi connectivity index (χ0v) is 23.7. The van der Waals surface area contributed by atoms with Crippen LogP contribution >= 0.6 is 11.6 Å². The Morgan fingerprint density at radius 2 is 1.48 bits per heavy atom. The molecule has 211 valence electrons. The third kappa shape index (κ3) is 6.19. The van der Waals surface area contributed by atoms with Crippen molar-refractivity contribution < 1.29 is 28.8 Å². The van der Waals surface area contributed by atoms with Gasteiger partial charge in [0.2, 0.25) is 12.1 Å². The first-order valence-electron chi connectivity index (χ1n) is 12.8. The van der Waals surface area contributed by atoms with E-state index in [1.807, 2.05) is 0 Å². The fraction of sp³-hybridized carbons (Fsp3) is 0.152. The molecule has 1 radical (unpaired) electrons. The van der Waals surface area contributed by atoms with E-state index in [0.29, 0.717) is 5.75 Å². The summed E-state index contributed by atoms with van der Waals surface area (Å²) in [5.74, 6) is -1.52. The molecule has 4 aromatic carbocycles. The first-order chi connectivity index (χ1) is 19.9. The van der Waals surface area contributed by atoms with Crippen molar-refractivity contribution in [2.45, 2.75) is 26.2 Å². The minimum Gasteiger partial charge on any atom is -0.485 e. The number of nitrogens with zero attached hydrogens (tertiary/aromatic N) is 1. The second-order valence-electron chi connectivity index (χ2n) is 10.4. The Labute approximate surface area is 247 Å². The largest absolute Gasteiger partial charge is 0.485 e. The van der Waals surface area contributed by atoms with Crippen molar-refractivity contribution in [2.75, 3.05) is 6.61 Å². The Kier molecular flexibility index (Phi) is 8.78. The Morgan fingerprint density at radius 3 is 2.05 bits per heavy atom. The van der Waals surface area contributed by atoms with Gasteiger partial charge in [0.1, 0.15) is 5.75 Å². The number of para-hydroxylation sites is 1. The maximum atomic E-state index is 14.2. The lowest BCUT2D eigenvalue weighted by Gasteiger charge is -2.27. The van der Waals surface area contributed by atoms with E-state index in [1.54, 1.807) is 87.7 Å². The first-order valence-corrected chi connectivity index (χ1v) is 13.2. The molecule has 9 heteroatoms. The van der Waals surface area contributed by atoms with Gasteiger partial charge in [-0.1, -0.05) is 80.9 Å². The van der Waals surface area contributed by atoms with Crippen molar-refractivity contribution in [3.63, 3.8) is 0 Å². The molecule has 0 saturated carbocycles. The van der Waals surface area contributed by atoms with Gasteiger partial charge < -0.3 is 4.74 Å². The minimum atomic E-state index is -0.850. The molecule has 0 aliphatic carbocycles. The second-order valence-corrected chi connectivity index (χ2v) is 10.8. The Hall–Kier alpha value is -4.95. The van der Waals surface area contributed by atoms with Crippen LogP contribution in [-0.2, 0) is 10.2 Å². The number of halogens is 1. The van der Waals surface area contributed by atoms with Gasteiger partial charge in [0, 0.05) is 45.5 Å². The van der Waals surface area contributed by atoms with Gasteiger partial charge in [-0.2, -0.15) is 0 Å². The monoisotopic (exact) mass is 582 g/mol. The number of ether oxygens (including phenoxy) is 1. The number of ketones is 3. The van der Waals surface area contributed by atoms with Crippen LogP contribution < -0.4 is 4.74 Å². The molecular weight excluding hydrogens is 558 g/mol. The summed E-state index contributed by atoms with van der Waals surface area (Å²) in [5, 5.41) is 11.4. The number of nitro benzene ring substituents is 1. The van der Waals surface area contributed by atoms with Gasteiger partial charge in [0.25, 0.3) is 5.69 Å². The van der Waals surface area contributed by atoms with E-state index in [9.17, 15) is 29.3 Å². The van der Waals surface area contributed by atoms with Crippen LogP contribution in [0.3, 0.4) is 0 Å². The van der Waals surface area contributed by atoms with E-state index in [-0.39, 0.29) is 44.0 Å². The summed E-state index contributed by atoms with van der Waals surface area (Å²) >= 11 is 6.58. The molecule has 4 aromatic rings. The minimum absolute atomic E-state index is 0.0400. The molecular formula is C33H25ClNO7. The molecule has 8 nitrogen and oxygen atoms in total. The van der Waals surface area contributed by atoms with Crippen LogP contribution in [0.4, 0.5) is 5.69 Å². The number of carbonyl (C=O) groups is 3. The standard InChI is InChI=1S/C33H25ClNO7/c1-33(2,3)29-26(16-21(18-36)30(34)28(29)31(38)20-10-6-4-7-11-20)32(39)24-15-14-22(35(40)41)17-25(24)27(37)19-42-23-12-8-5-9-13-23/h4-17H,19H2,1-3H3. The highest BCUT2D eigenvalue weighted by atomic mass is 35.5. The molecule has 42 heavy (non-hydrogen) atoms. The lowest BCUT2D eigenvalue weighted by Crippen LogP contribution is -2.25. The molecule has 0 amide bonds. The third-order valence-corrected chi connectivity index (χ3v) is 6.90. The van der Waals surface area contributed by atoms with Crippen LogP contribution in [0.5, 0.6) is 5.75 Å². The average Bonchev–Trinajstić information content (AvgIpc) is 2.99. The number of hydrogen-bond donors (Lipinski definition) is 0. The van der Waals surface area contributed by atoms with Crippen LogP contribution in [0.1, 0.15) is 74.1 Å². The number of carbonyl (C=O) groups excluding carboxylic acids is 4. The summed E-state index contributed by atoms with van der Waals surface area (Å²) < 4.78 is 5.55. The molecule has 0 saturated heterocycles. The number of Topliss-reactive ketones (excluding diaryl/α,β-unsaturated/α-hetero) is 1. The normalized spacial score (nSPS) is 11.0. The van der Waals surface area contributed by atoms with E-state index >= 15 is 0 Å². The van der Waals surface area contributed by atoms with Gasteiger partial charge in [-0.3, -0.25) is 29.3 Å². The SMILES string of the molecule is CC(C)(C)c1c(C(=O)c2ccc([N+](=O)[O-])cc2C(=O)COc2ccccc2)cc([C]=O)c(Cl)c1C(=O)c1ccccc1. The maximum Gasteiger partial charge on any atom is 0.270 e. The summed E-state index contributed by atoms with van der Waals surface area (Å²) in [6.07, 6.45) is 1.70. The van der Waals surface area contributed by atoms with Crippen molar-refractivity contribution >= 4 is 40.9 Å². The molecule has 0 aliphatic rings. The van der Waals surface area contributed by atoms with Crippen molar-refractivity contribution in [2.24, 2.45) is 0 Å².